The van der Waals surface area contributed by atoms with Crippen molar-refractivity contribution in [1.82, 2.24) is 4.57 Å². The van der Waals surface area contributed by atoms with E-state index in [-0.39, 0.29) is 5.97 Å². The van der Waals surface area contributed by atoms with Crippen LogP contribution in [-0.4, -0.2) is 17.6 Å². The maximum absolute atomic E-state index is 12.0. The number of aryl methyl sites for hydroxylation is 1. The van der Waals surface area contributed by atoms with Gasteiger partial charge in [-0.25, -0.2) is 4.79 Å². The Bertz CT molecular complexity index is 915. The van der Waals surface area contributed by atoms with Crippen LogP contribution in [-0.2, 0) is 11.3 Å². The average Bonchev–Trinajstić information content (AvgIpc) is 3.32. The summed E-state index contributed by atoms with van der Waals surface area (Å²) in [5.74, 6) is 0.271. The number of carbonyl (C=O) groups excluding carboxylic acids is 1. The summed E-state index contributed by atoms with van der Waals surface area (Å²) >= 11 is 0. The van der Waals surface area contributed by atoms with E-state index in [1.165, 1.54) is 55.9 Å². The number of fused-ring (bicyclic) bond motifs is 1. The van der Waals surface area contributed by atoms with E-state index in [4.69, 9.17) is 9.15 Å². The molecule has 1 aliphatic carbocycles. The van der Waals surface area contributed by atoms with Gasteiger partial charge in [-0.2, -0.15) is 0 Å². The standard InChI is InChI=1S/C22H25NO3/c1-3-23-19-13-16(22(24)25-2)9-10-18(19)20(15-7-5-4-6-8-15)21(23)17-11-12-26-14-17/h9-15H,3-8H2,1-2H3. The lowest BCUT2D eigenvalue weighted by Crippen LogP contribution is -2.06. The van der Waals surface area contributed by atoms with Crippen molar-refractivity contribution in [3.8, 4) is 11.3 Å². The Morgan fingerprint density at radius 1 is 1.23 bits per heavy atom. The molecule has 0 aliphatic heterocycles. The van der Waals surface area contributed by atoms with E-state index in [0.717, 1.165) is 17.6 Å². The number of furan rings is 1. The van der Waals surface area contributed by atoms with Gasteiger partial charge in [0, 0.05) is 23.0 Å². The molecule has 1 aliphatic rings. The maximum atomic E-state index is 12.0. The highest BCUT2D eigenvalue weighted by Gasteiger charge is 2.27. The molecule has 0 saturated heterocycles. The third-order valence-electron chi connectivity index (χ3n) is 5.65. The van der Waals surface area contributed by atoms with Crippen LogP contribution in [0.1, 0.15) is 60.9 Å². The van der Waals surface area contributed by atoms with Crippen molar-refractivity contribution in [2.45, 2.75) is 51.5 Å². The molecule has 1 saturated carbocycles. The monoisotopic (exact) mass is 351 g/mol. The zero-order chi connectivity index (χ0) is 18.1. The number of carbonyl (C=O) groups is 1. The van der Waals surface area contributed by atoms with Gasteiger partial charge >= 0.3 is 5.97 Å². The highest BCUT2D eigenvalue weighted by atomic mass is 16.5. The predicted molar refractivity (Wildman–Crippen MR) is 102 cm³/mol. The van der Waals surface area contributed by atoms with Crippen molar-refractivity contribution in [2.24, 2.45) is 0 Å². The predicted octanol–water partition coefficient (Wildman–Crippen LogP) is 5.76. The topological polar surface area (TPSA) is 44.4 Å². The van der Waals surface area contributed by atoms with Gasteiger partial charge < -0.3 is 13.7 Å². The van der Waals surface area contributed by atoms with Gasteiger partial charge in [0.15, 0.2) is 0 Å². The normalized spacial score (nSPS) is 15.5. The minimum atomic E-state index is -0.292. The van der Waals surface area contributed by atoms with Gasteiger partial charge in [0.1, 0.15) is 0 Å². The quantitative estimate of drug-likeness (QED) is 0.562. The van der Waals surface area contributed by atoms with E-state index in [1.807, 2.05) is 24.5 Å². The van der Waals surface area contributed by atoms with Crippen LogP contribution in [0, 0.1) is 0 Å². The van der Waals surface area contributed by atoms with Crippen LogP contribution in [0.25, 0.3) is 22.2 Å². The Labute approximate surface area is 153 Å². The molecule has 0 amide bonds. The molecule has 136 valence electrons. The van der Waals surface area contributed by atoms with Gasteiger partial charge in [0.2, 0.25) is 0 Å². The zero-order valence-corrected chi connectivity index (χ0v) is 15.5. The number of benzene rings is 1. The Balaban J connectivity index is 1.99. The number of aromatic nitrogens is 1. The number of nitrogens with zero attached hydrogens (tertiary/aromatic N) is 1. The minimum Gasteiger partial charge on any atom is -0.472 e. The molecule has 0 unspecified atom stereocenters. The molecule has 26 heavy (non-hydrogen) atoms. The number of esters is 1. The smallest absolute Gasteiger partial charge is 0.337 e. The molecule has 0 spiro atoms. The fourth-order valence-corrected chi connectivity index (χ4v) is 4.46. The first kappa shape index (κ1) is 17.0. The molecule has 4 rings (SSSR count). The SMILES string of the molecule is CCn1c(-c2ccoc2)c(C2CCCCC2)c2ccc(C(=O)OC)cc21. The first-order chi connectivity index (χ1) is 12.7. The molecule has 0 radical (unpaired) electrons. The number of rotatable bonds is 4. The number of hydrogen-bond donors (Lipinski definition) is 0. The van der Waals surface area contributed by atoms with E-state index >= 15 is 0 Å². The summed E-state index contributed by atoms with van der Waals surface area (Å²) < 4.78 is 12.6. The van der Waals surface area contributed by atoms with Crippen LogP contribution < -0.4 is 0 Å². The molecule has 3 aromatic rings. The van der Waals surface area contributed by atoms with Gasteiger partial charge in [0.25, 0.3) is 0 Å². The average molecular weight is 351 g/mol. The van der Waals surface area contributed by atoms with Crippen LogP contribution in [0.5, 0.6) is 0 Å². The van der Waals surface area contributed by atoms with Crippen molar-refractivity contribution < 1.29 is 13.9 Å². The van der Waals surface area contributed by atoms with E-state index in [1.54, 1.807) is 6.26 Å². The molecular weight excluding hydrogens is 326 g/mol. The summed E-state index contributed by atoms with van der Waals surface area (Å²) in [6, 6.07) is 8.00. The van der Waals surface area contributed by atoms with Crippen LogP contribution in [0.2, 0.25) is 0 Å². The summed E-state index contributed by atoms with van der Waals surface area (Å²) in [4.78, 5) is 12.0. The summed E-state index contributed by atoms with van der Waals surface area (Å²) in [6.07, 6.45) is 9.92. The molecule has 1 aromatic carbocycles. The summed E-state index contributed by atoms with van der Waals surface area (Å²) in [6.45, 7) is 2.99. The molecule has 4 heteroatoms. The van der Waals surface area contributed by atoms with Crippen molar-refractivity contribution in [3.63, 3.8) is 0 Å². The summed E-state index contributed by atoms with van der Waals surface area (Å²) in [5.41, 5.74) is 5.47. The van der Waals surface area contributed by atoms with E-state index in [0.29, 0.717) is 11.5 Å². The van der Waals surface area contributed by atoms with Crippen LogP contribution in [0.3, 0.4) is 0 Å². The second-order valence-corrected chi connectivity index (χ2v) is 7.08. The Hall–Kier alpha value is -2.49. The molecule has 4 nitrogen and oxygen atoms in total. The number of hydrogen-bond acceptors (Lipinski definition) is 3. The summed E-state index contributed by atoms with van der Waals surface area (Å²) in [7, 11) is 1.43. The second-order valence-electron chi connectivity index (χ2n) is 7.08. The van der Waals surface area contributed by atoms with E-state index in [2.05, 4.69) is 17.6 Å². The first-order valence-electron chi connectivity index (χ1n) is 9.51. The molecule has 1 fully saturated rings. The van der Waals surface area contributed by atoms with Crippen molar-refractivity contribution in [1.29, 1.82) is 0 Å². The first-order valence-corrected chi connectivity index (χ1v) is 9.51. The molecule has 2 aromatic heterocycles. The molecule has 0 N–H and O–H groups in total. The van der Waals surface area contributed by atoms with Gasteiger partial charge in [-0.05, 0) is 49.4 Å². The maximum Gasteiger partial charge on any atom is 0.337 e. The molecule has 2 heterocycles. The third kappa shape index (κ3) is 2.74. The highest BCUT2D eigenvalue weighted by molar-refractivity contribution is 5.98. The zero-order valence-electron chi connectivity index (χ0n) is 15.5. The minimum absolute atomic E-state index is 0.292. The van der Waals surface area contributed by atoms with Crippen molar-refractivity contribution in [3.05, 3.63) is 47.9 Å². The van der Waals surface area contributed by atoms with E-state index < -0.39 is 0 Å². The Morgan fingerprint density at radius 2 is 2.04 bits per heavy atom. The van der Waals surface area contributed by atoms with Crippen molar-refractivity contribution in [2.75, 3.05) is 7.11 Å². The van der Waals surface area contributed by atoms with Crippen LogP contribution >= 0.6 is 0 Å². The van der Waals surface area contributed by atoms with Gasteiger partial charge in [-0.3, -0.25) is 0 Å². The third-order valence-corrected chi connectivity index (χ3v) is 5.65. The van der Waals surface area contributed by atoms with Crippen molar-refractivity contribution >= 4 is 16.9 Å². The number of ether oxygens (including phenoxy) is 1. The molecular formula is C22H25NO3. The molecule has 0 atom stereocenters. The largest absolute Gasteiger partial charge is 0.472 e. The Kier molecular flexibility index (Phi) is 4.58. The van der Waals surface area contributed by atoms with Crippen LogP contribution in [0.4, 0.5) is 0 Å². The van der Waals surface area contributed by atoms with E-state index in [9.17, 15) is 4.79 Å². The molecule has 0 bridgehead atoms. The lowest BCUT2D eigenvalue weighted by molar-refractivity contribution is 0.0601. The lowest BCUT2D eigenvalue weighted by atomic mass is 9.82. The second kappa shape index (κ2) is 7.02. The fraction of sp³-hybridized carbons (Fsp3) is 0.409. The number of methoxy groups -OCH3 is 1. The fourth-order valence-electron chi connectivity index (χ4n) is 4.46. The van der Waals surface area contributed by atoms with Gasteiger partial charge in [-0.1, -0.05) is 25.3 Å². The summed E-state index contributed by atoms with van der Waals surface area (Å²) in [5, 5.41) is 1.25. The van der Waals surface area contributed by atoms with Crippen LogP contribution in [0.15, 0.2) is 41.2 Å². The lowest BCUT2D eigenvalue weighted by Gasteiger charge is -2.23. The highest BCUT2D eigenvalue weighted by Crippen LogP contribution is 2.44. The van der Waals surface area contributed by atoms with Gasteiger partial charge in [-0.15, -0.1) is 0 Å². The Morgan fingerprint density at radius 3 is 2.69 bits per heavy atom. The van der Waals surface area contributed by atoms with Gasteiger partial charge in [0.05, 0.1) is 30.9 Å².